The van der Waals surface area contributed by atoms with Gasteiger partial charge in [-0.15, -0.1) is 0 Å². The third kappa shape index (κ3) is 3.24. The van der Waals surface area contributed by atoms with Crippen LogP contribution in [0.4, 0.5) is 0 Å². The molecule has 1 heterocycles. The van der Waals surface area contributed by atoms with Crippen LogP contribution in [0, 0.1) is 0 Å². The largest absolute Gasteiger partial charge is 0.501 e. The molecule has 4 nitrogen and oxygen atoms in total. The van der Waals surface area contributed by atoms with Gasteiger partial charge in [-0.3, -0.25) is 11.3 Å². The fourth-order valence-corrected chi connectivity index (χ4v) is 2.14. The van der Waals surface area contributed by atoms with Gasteiger partial charge in [0.25, 0.3) is 0 Å². The fourth-order valence-electron chi connectivity index (χ4n) is 2.14. The summed E-state index contributed by atoms with van der Waals surface area (Å²) in [4.78, 5) is 0. The Balaban J connectivity index is 2.02. The maximum Gasteiger partial charge on any atom is 0.118 e. The monoisotopic (exact) mass is 248 g/mol. The molecule has 3 N–H and O–H groups in total. The zero-order valence-corrected chi connectivity index (χ0v) is 10.7. The molecule has 0 radical (unpaired) electrons. The van der Waals surface area contributed by atoms with Gasteiger partial charge in [-0.1, -0.05) is 12.1 Å². The standard InChI is InChI=1S/C14H20N2O2/c1-17-13-6-4-11(5-7-13)9-14(16-15)12-3-2-8-18-10-12/h4-7,10,14,16H,2-3,8-9,15H2,1H3. The second-order valence-electron chi connectivity index (χ2n) is 4.44. The van der Waals surface area contributed by atoms with Crippen LogP contribution >= 0.6 is 0 Å². The van der Waals surface area contributed by atoms with Crippen molar-refractivity contribution in [3.05, 3.63) is 41.7 Å². The maximum absolute atomic E-state index is 5.64. The second-order valence-corrected chi connectivity index (χ2v) is 4.44. The Morgan fingerprint density at radius 1 is 1.39 bits per heavy atom. The van der Waals surface area contributed by atoms with Gasteiger partial charge in [-0.25, -0.2) is 0 Å². The molecule has 1 aromatic carbocycles. The van der Waals surface area contributed by atoms with Crippen LogP contribution in [0.15, 0.2) is 36.1 Å². The summed E-state index contributed by atoms with van der Waals surface area (Å²) in [7, 11) is 1.67. The molecule has 18 heavy (non-hydrogen) atoms. The van der Waals surface area contributed by atoms with Crippen LogP contribution in [0.25, 0.3) is 0 Å². The number of benzene rings is 1. The average molecular weight is 248 g/mol. The van der Waals surface area contributed by atoms with Crippen molar-refractivity contribution in [2.75, 3.05) is 13.7 Å². The van der Waals surface area contributed by atoms with E-state index in [1.165, 1.54) is 11.1 Å². The fraction of sp³-hybridized carbons (Fsp3) is 0.429. The van der Waals surface area contributed by atoms with Gasteiger partial charge in [0.1, 0.15) is 5.75 Å². The number of hydrogen-bond acceptors (Lipinski definition) is 4. The molecule has 0 fully saturated rings. The summed E-state index contributed by atoms with van der Waals surface area (Å²) in [5.74, 6) is 6.51. The van der Waals surface area contributed by atoms with Gasteiger partial charge in [0, 0.05) is 6.04 Å². The lowest BCUT2D eigenvalue weighted by atomic mass is 9.96. The van der Waals surface area contributed by atoms with Gasteiger partial charge in [0.2, 0.25) is 0 Å². The van der Waals surface area contributed by atoms with Gasteiger partial charge in [0.15, 0.2) is 0 Å². The van der Waals surface area contributed by atoms with E-state index in [2.05, 4.69) is 17.6 Å². The first-order valence-electron chi connectivity index (χ1n) is 6.23. The molecule has 0 aromatic heterocycles. The summed E-state index contributed by atoms with van der Waals surface area (Å²) in [6.45, 7) is 0.809. The van der Waals surface area contributed by atoms with Crippen molar-refractivity contribution >= 4 is 0 Å². The van der Waals surface area contributed by atoms with E-state index < -0.39 is 0 Å². The highest BCUT2D eigenvalue weighted by atomic mass is 16.5. The molecule has 1 aromatic rings. The number of hydrazine groups is 1. The Hall–Kier alpha value is -1.52. The number of methoxy groups -OCH3 is 1. The minimum Gasteiger partial charge on any atom is -0.501 e. The summed E-state index contributed by atoms with van der Waals surface area (Å²) < 4.78 is 10.5. The molecule has 1 atom stereocenters. The third-order valence-corrected chi connectivity index (χ3v) is 3.21. The van der Waals surface area contributed by atoms with Crippen LogP contribution in [0.5, 0.6) is 5.75 Å². The van der Waals surface area contributed by atoms with Gasteiger partial charge < -0.3 is 9.47 Å². The molecule has 1 aliphatic heterocycles. The van der Waals surface area contributed by atoms with Crippen molar-refractivity contribution in [1.29, 1.82) is 0 Å². The van der Waals surface area contributed by atoms with E-state index in [1.54, 1.807) is 7.11 Å². The van der Waals surface area contributed by atoms with Crippen LogP contribution in [0.3, 0.4) is 0 Å². The number of rotatable bonds is 5. The van der Waals surface area contributed by atoms with Crippen molar-refractivity contribution in [1.82, 2.24) is 5.43 Å². The Kier molecular flexibility index (Phi) is 4.61. The van der Waals surface area contributed by atoms with E-state index in [4.69, 9.17) is 15.3 Å². The Labute approximate surface area is 108 Å². The number of nitrogens with two attached hydrogens (primary N) is 1. The van der Waals surface area contributed by atoms with Crippen molar-refractivity contribution in [3.8, 4) is 5.75 Å². The molecule has 1 aliphatic rings. The zero-order chi connectivity index (χ0) is 12.8. The molecular weight excluding hydrogens is 228 g/mol. The SMILES string of the molecule is COc1ccc(CC(NN)C2=COCCC2)cc1. The van der Waals surface area contributed by atoms with Crippen molar-refractivity contribution in [2.45, 2.75) is 25.3 Å². The molecule has 0 saturated carbocycles. The number of hydrogen-bond donors (Lipinski definition) is 2. The van der Waals surface area contributed by atoms with E-state index in [-0.39, 0.29) is 6.04 Å². The first kappa shape index (κ1) is 12.9. The van der Waals surface area contributed by atoms with E-state index in [0.29, 0.717) is 0 Å². The molecule has 1 unspecified atom stereocenters. The summed E-state index contributed by atoms with van der Waals surface area (Å²) in [5, 5.41) is 0. The van der Waals surface area contributed by atoms with Gasteiger partial charge in [0.05, 0.1) is 20.0 Å². The Bertz CT molecular complexity index is 401. The molecule has 0 aliphatic carbocycles. The predicted octanol–water partition coefficient (Wildman–Crippen LogP) is 1.76. The lowest BCUT2D eigenvalue weighted by Gasteiger charge is -2.22. The third-order valence-electron chi connectivity index (χ3n) is 3.21. The Morgan fingerprint density at radius 3 is 2.72 bits per heavy atom. The first-order valence-corrected chi connectivity index (χ1v) is 6.23. The summed E-state index contributed by atoms with van der Waals surface area (Å²) in [6, 6.07) is 8.20. The highest BCUT2D eigenvalue weighted by molar-refractivity contribution is 5.29. The zero-order valence-electron chi connectivity index (χ0n) is 10.7. The van der Waals surface area contributed by atoms with Gasteiger partial charge in [-0.05, 0) is 42.5 Å². The van der Waals surface area contributed by atoms with Gasteiger partial charge in [-0.2, -0.15) is 0 Å². The van der Waals surface area contributed by atoms with Crippen LogP contribution in [-0.2, 0) is 11.2 Å². The topological polar surface area (TPSA) is 56.5 Å². The van der Waals surface area contributed by atoms with Crippen LogP contribution in [-0.4, -0.2) is 19.8 Å². The average Bonchev–Trinajstić information content (AvgIpc) is 2.46. The normalized spacial score (nSPS) is 16.7. The van der Waals surface area contributed by atoms with Crippen molar-refractivity contribution in [3.63, 3.8) is 0 Å². The molecule has 0 amide bonds. The molecule has 4 heteroatoms. The molecule has 0 saturated heterocycles. The second kappa shape index (κ2) is 6.42. The first-order chi connectivity index (χ1) is 8.83. The summed E-state index contributed by atoms with van der Waals surface area (Å²) >= 11 is 0. The van der Waals surface area contributed by atoms with Crippen LogP contribution in [0.2, 0.25) is 0 Å². The molecule has 98 valence electrons. The van der Waals surface area contributed by atoms with Crippen LogP contribution < -0.4 is 16.0 Å². The van der Waals surface area contributed by atoms with E-state index in [9.17, 15) is 0 Å². The van der Waals surface area contributed by atoms with E-state index in [0.717, 1.165) is 31.6 Å². The van der Waals surface area contributed by atoms with Crippen molar-refractivity contribution < 1.29 is 9.47 Å². The van der Waals surface area contributed by atoms with E-state index in [1.807, 2.05) is 18.4 Å². The maximum atomic E-state index is 5.64. The number of ether oxygens (including phenoxy) is 2. The quantitative estimate of drug-likeness (QED) is 0.616. The lowest BCUT2D eigenvalue weighted by molar-refractivity contribution is 0.219. The summed E-state index contributed by atoms with van der Waals surface area (Å²) in [5.41, 5.74) is 5.33. The molecule has 0 spiro atoms. The Morgan fingerprint density at radius 2 is 2.17 bits per heavy atom. The summed E-state index contributed by atoms with van der Waals surface area (Å²) in [6.07, 6.45) is 4.81. The van der Waals surface area contributed by atoms with E-state index >= 15 is 0 Å². The lowest BCUT2D eigenvalue weighted by Crippen LogP contribution is -2.39. The highest BCUT2D eigenvalue weighted by Gasteiger charge is 2.16. The smallest absolute Gasteiger partial charge is 0.118 e. The highest BCUT2D eigenvalue weighted by Crippen LogP contribution is 2.19. The predicted molar refractivity (Wildman–Crippen MR) is 71.1 cm³/mol. The molecular formula is C14H20N2O2. The minimum absolute atomic E-state index is 0.138. The molecule has 0 bridgehead atoms. The van der Waals surface area contributed by atoms with Gasteiger partial charge >= 0.3 is 0 Å². The van der Waals surface area contributed by atoms with Crippen LogP contribution in [0.1, 0.15) is 18.4 Å². The molecule has 2 rings (SSSR count). The minimum atomic E-state index is 0.138. The van der Waals surface area contributed by atoms with Crippen molar-refractivity contribution in [2.24, 2.45) is 5.84 Å². The number of nitrogens with one attached hydrogen (secondary N) is 1.